The molecule has 0 spiro atoms. The summed E-state index contributed by atoms with van der Waals surface area (Å²) in [5, 5.41) is 3.83. The van der Waals surface area contributed by atoms with Crippen molar-refractivity contribution in [2.45, 2.75) is 12.5 Å². The maximum atomic E-state index is 5.59. The molecule has 18 heavy (non-hydrogen) atoms. The largest absolute Gasteiger partial charge is 0.497 e. The Morgan fingerprint density at radius 2 is 2.39 bits per heavy atom. The van der Waals surface area contributed by atoms with Crippen LogP contribution in [0.5, 0.6) is 5.75 Å². The summed E-state index contributed by atoms with van der Waals surface area (Å²) in [4.78, 5) is 1.01. The van der Waals surface area contributed by atoms with Gasteiger partial charge in [0, 0.05) is 4.47 Å². The van der Waals surface area contributed by atoms with Gasteiger partial charge in [-0.15, -0.1) is 5.10 Å². The van der Waals surface area contributed by atoms with Crippen LogP contribution in [0.3, 0.4) is 0 Å². The second kappa shape index (κ2) is 6.24. The van der Waals surface area contributed by atoms with Gasteiger partial charge in [0.05, 0.1) is 24.2 Å². The Morgan fingerprint density at radius 1 is 1.56 bits per heavy atom. The van der Waals surface area contributed by atoms with E-state index in [1.54, 1.807) is 13.3 Å². The van der Waals surface area contributed by atoms with Crippen LogP contribution in [0.2, 0.25) is 0 Å². The Kier molecular flexibility index (Phi) is 4.65. The average Bonchev–Trinajstić information content (AvgIpc) is 2.91. The number of halogens is 1. The van der Waals surface area contributed by atoms with Crippen LogP contribution in [-0.4, -0.2) is 16.7 Å². The van der Waals surface area contributed by atoms with E-state index in [0.29, 0.717) is 0 Å². The molecule has 1 aromatic carbocycles. The van der Waals surface area contributed by atoms with Crippen molar-refractivity contribution in [2.24, 2.45) is 5.84 Å². The lowest BCUT2D eigenvalue weighted by Crippen LogP contribution is -2.29. The predicted octanol–water partition coefficient (Wildman–Crippen LogP) is 2.06. The molecule has 0 fully saturated rings. The van der Waals surface area contributed by atoms with Gasteiger partial charge in [-0.05, 0) is 41.7 Å². The summed E-state index contributed by atoms with van der Waals surface area (Å²) < 4.78 is 10.1. The summed E-state index contributed by atoms with van der Waals surface area (Å²) in [6, 6.07) is 5.86. The van der Waals surface area contributed by atoms with E-state index >= 15 is 0 Å². The Morgan fingerprint density at radius 3 is 3.00 bits per heavy atom. The van der Waals surface area contributed by atoms with Crippen LogP contribution in [0.1, 0.15) is 16.5 Å². The van der Waals surface area contributed by atoms with Crippen LogP contribution in [0.15, 0.2) is 28.9 Å². The van der Waals surface area contributed by atoms with Gasteiger partial charge in [-0.3, -0.25) is 11.3 Å². The van der Waals surface area contributed by atoms with Crippen molar-refractivity contribution in [2.75, 3.05) is 7.11 Å². The minimum absolute atomic E-state index is 0.00611. The van der Waals surface area contributed by atoms with Gasteiger partial charge < -0.3 is 4.74 Å². The number of hydrazine groups is 1. The number of nitrogens with two attached hydrogens (primary N) is 1. The van der Waals surface area contributed by atoms with Crippen molar-refractivity contribution in [3.63, 3.8) is 0 Å². The highest BCUT2D eigenvalue weighted by molar-refractivity contribution is 9.10. The van der Waals surface area contributed by atoms with Crippen molar-refractivity contribution in [3.05, 3.63) is 39.3 Å². The number of ether oxygens (including phenoxy) is 1. The van der Waals surface area contributed by atoms with E-state index in [4.69, 9.17) is 10.6 Å². The summed E-state index contributed by atoms with van der Waals surface area (Å²) in [6.45, 7) is 0. The standard InChI is InChI=1S/C11H13BrN4OS/c1-17-8-2-3-9(12)7(4-8)5-10(15-13)11-6-14-16-18-11/h2-4,6,10,15H,5,13H2,1H3. The number of aromatic nitrogens is 2. The van der Waals surface area contributed by atoms with Gasteiger partial charge in [0.15, 0.2) is 0 Å². The number of methoxy groups -OCH3 is 1. The van der Waals surface area contributed by atoms with Gasteiger partial charge in [0.25, 0.3) is 0 Å². The Labute approximate surface area is 118 Å². The quantitative estimate of drug-likeness (QED) is 0.649. The van der Waals surface area contributed by atoms with Gasteiger partial charge in [0.1, 0.15) is 5.75 Å². The van der Waals surface area contributed by atoms with Gasteiger partial charge in [0.2, 0.25) is 0 Å². The zero-order valence-electron chi connectivity index (χ0n) is 9.76. The molecule has 0 saturated heterocycles. The third-order valence-corrected chi connectivity index (χ3v) is 4.15. The zero-order valence-corrected chi connectivity index (χ0v) is 12.2. The summed E-state index contributed by atoms with van der Waals surface area (Å²) in [5.74, 6) is 6.41. The minimum atomic E-state index is -0.00611. The highest BCUT2D eigenvalue weighted by Gasteiger charge is 2.15. The van der Waals surface area contributed by atoms with Crippen LogP contribution in [0.4, 0.5) is 0 Å². The fourth-order valence-electron chi connectivity index (χ4n) is 1.62. The number of benzene rings is 1. The summed E-state index contributed by atoms with van der Waals surface area (Å²) in [5.41, 5.74) is 3.90. The lowest BCUT2D eigenvalue weighted by atomic mass is 10.1. The van der Waals surface area contributed by atoms with E-state index < -0.39 is 0 Å². The molecular weight excluding hydrogens is 316 g/mol. The van der Waals surface area contributed by atoms with Gasteiger partial charge in [-0.25, -0.2) is 0 Å². The normalized spacial score (nSPS) is 12.4. The average molecular weight is 329 g/mol. The molecule has 1 heterocycles. The van der Waals surface area contributed by atoms with Crippen LogP contribution in [-0.2, 0) is 6.42 Å². The Balaban J connectivity index is 2.21. The number of rotatable bonds is 5. The molecule has 0 bridgehead atoms. The molecule has 7 heteroatoms. The van der Waals surface area contributed by atoms with Crippen molar-refractivity contribution in [1.29, 1.82) is 0 Å². The lowest BCUT2D eigenvalue weighted by molar-refractivity contribution is 0.413. The van der Waals surface area contributed by atoms with E-state index in [1.807, 2.05) is 18.2 Å². The molecule has 5 nitrogen and oxygen atoms in total. The van der Waals surface area contributed by atoms with E-state index in [2.05, 4.69) is 30.9 Å². The molecule has 0 aliphatic rings. The zero-order chi connectivity index (χ0) is 13.0. The first kappa shape index (κ1) is 13.4. The van der Waals surface area contributed by atoms with E-state index in [1.165, 1.54) is 11.5 Å². The molecule has 2 rings (SSSR count). The van der Waals surface area contributed by atoms with E-state index in [9.17, 15) is 0 Å². The summed E-state index contributed by atoms with van der Waals surface area (Å²) in [6.07, 6.45) is 2.46. The van der Waals surface area contributed by atoms with Crippen LogP contribution in [0, 0.1) is 0 Å². The first-order valence-corrected chi connectivity index (χ1v) is 6.87. The molecule has 0 aliphatic carbocycles. The molecule has 1 aromatic heterocycles. The highest BCUT2D eigenvalue weighted by atomic mass is 79.9. The first-order chi connectivity index (χ1) is 8.74. The smallest absolute Gasteiger partial charge is 0.119 e. The van der Waals surface area contributed by atoms with E-state index in [-0.39, 0.29) is 6.04 Å². The number of nitrogens with zero attached hydrogens (tertiary/aromatic N) is 2. The summed E-state index contributed by atoms with van der Waals surface area (Å²) >= 11 is 4.87. The lowest BCUT2D eigenvalue weighted by Gasteiger charge is -2.15. The monoisotopic (exact) mass is 328 g/mol. The molecule has 96 valence electrons. The van der Waals surface area contributed by atoms with Crippen LogP contribution < -0.4 is 16.0 Å². The second-order valence-electron chi connectivity index (χ2n) is 3.70. The number of hydrogen-bond acceptors (Lipinski definition) is 6. The molecule has 0 radical (unpaired) electrons. The first-order valence-electron chi connectivity index (χ1n) is 5.30. The fourth-order valence-corrected chi connectivity index (χ4v) is 2.59. The molecule has 0 saturated carbocycles. The number of nitrogens with one attached hydrogen (secondary N) is 1. The Bertz CT molecular complexity index is 506. The molecule has 1 atom stereocenters. The molecular formula is C11H13BrN4OS. The fraction of sp³-hybridized carbons (Fsp3) is 0.273. The van der Waals surface area contributed by atoms with Crippen molar-refractivity contribution >= 4 is 27.5 Å². The van der Waals surface area contributed by atoms with Gasteiger partial charge in [-0.2, -0.15) is 0 Å². The molecule has 1 unspecified atom stereocenters. The SMILES string of the molecule is COc1ccc(Br)c(CC(NN)c2cnns2)c1. The maximum Gasteiger partial charge on any atom is 0.119 e. The molecule has 3 N–H and O–H groups in total. The third-order valence-electron chi connectivity index (χ3n) is 2.60. The van der Waals surface area contributed by atoms with Crippen molar-refractivity contribution < 1.29 is 4.74 Å². The van der Waals surface area contributed by atoms with Gasteiger partial charge >= 0.3 is 0 Å². The molecule has 0 aliphatic heterocycles. The molecule has 2 aromatic rings. The number of hydrogen-bond donors (Lipinski definition) is 2. The van der Waals surface area contributed by atoms with Crippen LogP contribution >= 0.6 is 27.5 Å². The second-order valence-corrected chi connectivity index (χ2v) is 5.37. The Hall–Kier alpha value is -1.02. The maximum absolute atomic E-state index is 5.59. The van der Waals surface area contributed by atoms with Crippen LogP contribution in [0.25, 0.3) is 0 Å². The van der Waals surface area contributed by atoms with E-state index in [0.717, 1.165) is 27.1 Å². The third kappa shape index (κ3) is 3.05. The van der Waals surface area contributed by atoms with Gasteiger partial charge in [-0.1, -0.05) is 20.4 Å². The topological polar surface area (TPSA) is 73.1 Å². The summed E-state index contributed by atoms with van der Waals surface area (Å²) in [7, 11) is 1.65. The molecule has 0 amide bonds. The minimum Gasteiger partial charge on any atom is -0.497 e. The van der Waals surface area contributed by atoms with Crippen molar-refractivity contribution in [1.82, 2.24) is 15.0 Å². The highest BCUT2D eigenvalue weighted by Crippen LogP contribution is 2.27. The predicted molar refractivity (Wildman–Crippen MR) is 74.4 cm³/mol. The van der Waals surface area contributed by atoms with Crippen molar-refractivity contribution in [3.8, 4) is 5.75 Å².